The summed E-state index contributed by atoms with van der Waals surface area (Å²) < 4.78 is 2.02. The molecule has 1 aromatic heterocycles. The average molecular weight is 247 g/mol. The van der Waals surface area contributed by atoms with Crippen LogP contribution in [0.2, 0.25) is 0 Å². The summed E-state index contributed by atoms with van der Waals surface area (Å²) in [4.78, 5) is 12.6. The van der Waals surface area contributed by atoms with Crippen molar-refractivity contribution in [2.45, 2.75) is 6.42 Å². The summed E-state index contributed by atoms with van der Waals surface area (Å²) >= 11 is 0. The van der Waals surface area contributed by atoms with Crippen LogP contribution in [0.5, 0.6) is 0 Å². The quantitative estimate of drug-likeness (QED) is 0.614. The molecule has 0 amide bonds. The van der Waals surface area contributed by atoms with E-state index in [1.165, 1.54) is 0 Å². The summed E-state index contributed by atoms with van der Waals surface area (Å²) in [6.45, 7) is 0.932. The Bertz CT molecular complexity index is 587. The molecule has 0 aliphatic rings. The molecule has 18 heavy (non-hydrogen) atoms. The molecule has 1 aromatic carbocycles. The zero-order chi connectivity index (χ0) is 13.3. The average Bonchev–Trinajstić information content (AvgIpc) is 2.63. The van der Waals surface area contributed by atoms with Gasteiger partial charge >= 0.3 is 0 Å². The van der Waals surface area contributed by atoms with Gasteiger partial charge in [0.05, 0.1) is 4.92 Å². The minimum Gasteiger partial charge on any atom is -0.350 e. The second kappa shape index (κ2) is 4.78. The number of nitro groups is 1. The SMILES string of the molecule is CN(C)CCc1cn(C)c2ccc([N+](=O)[O-])cc12. The first-order valence-corrected chi connectivity index (χ1v) is 5.86. The van der Waals surface area contributed by atoms with Gasteiger partial charge < -0.3 is 9.47 Å². The Morgan fingerprint density at radius 3 is 2.72 bits per heavy atom. The smallest absolute Gasteiger partial charge is 0.270 e. The van der Waals surface area contributed by atoms with Gasteiger partial charge in [-0.1, -0.05) is 0 Å². The Balaban J connectivity index is 2.45. The molecule has 0 saturated heterocycles. The molecule has 0 fully saturated rings. The molecule has 1 heterocycles. The van der Waals surface area contributed by atoms with Crippen molar-refractivity contribution < 1.29 is 4.92 Å². The molecule has 0 atom stereocenters. The van der Waals surface area contributed by atoms with Gasteiger partial charge in [-0.2, -0.15) is 0 Å². The lowest BCUT2D eigenvalue weighted by Gasteiger charge is -2.07. The number of nitrogens with zero attached hydrogens (tertiary/aromatic N) is 3. The Hall–Kier alpha value is -1.88. The number of hydrogen-bond acceptors (Lipinski definition) is 3. The Labute approximate surface area is 106 Å². The fourth-order valence-electron chi connectivity index (χ4n) is 2.12. The van der Waals surface area contributed by atoms with Gasteiger partial charge in [0.25, 0.3) is 5.69 Å². The summed E-state index contributed by atoms with van der Waals surface area (Å²) in [5.41, 5.74) is 2.35. The van der Waals surface area contributed by atoms with Gasteiger partial charge in [0.1, 0.15) is 0 Å². The van der Waals surface area contributed by atoms with Gasteiger partial charge in [-0.25, -0.2) is 0 Å². The van der Waals surface area contributed by atoms with E-state index < -0.39 is 0 Å². The second-order valence-corrected chi connectivity index (χ2v) is 4.78. The molecular weight excluding hydrogens is 230 g/mol. The largest absolute Gasteiger partial charge is 0.350 e. The summed E-state index contributed by atoms with van der Waals surface area (Å²) in [6.07, 6.45) is 2.95. The van der Waals surface area contributed by atoms with Crippen LogP contribution in [-0.4, -0.2) is 35.0 Å². The van der Waals surface area contributed by atoms with Gasteiger partial charge in [-0.05, 0) is 32.1 Å². The highest BCUT2D eigenvalue weighted by Crippen LogP contribution is 2.25. The van der Waals surface area contributed by atoms with E-state index >= 15 is 0 Å². The van der Waals surface area contributed by atoms with E-state index in [2.05, 4.69) is 11.1 Å². The molecule has 0 bridgehead atoms. The van der Waals surface area contributed by atoms with Crippen molar-refractivity contribution in [3.63, 3.8) is 0 Å². The van der Waals surface area contributed by atoms with Gasteiger partial charge in [0.15, 0.2) is 0 Å². The number of aryl methyl sites for hydroxylation is 1. The zero-order valence-corrected chi connectivity index (χ0v) is 10.9. The van der Waals surface area contributed by atoms with Crippen molar-refractivity contribution in [1.29, 1.82) is 0 Å². The van der Waals surface area contributed by atoms with Crippen LogP contribution in [-0.2, 0) is 13.5 Å². The lowest BCUT2D eigenvalue weighted by molar-refractivity contribution is -0.384. The van der Waals surface area contributed by atoms with Gasteiger partial charge in [0.2, 0.25) is 0 Å². The minimum atomic E-state index is -0.345. The van der Waals surface area contributed by atoms with E-state index in [1.54, 1.807) is 12.1 Å². The maximum Gasteiger partial charge on any atom is 0.270 e. The van der Waals surface area contributed by atoms with E-state index in [-0.39, 0.29) is 10.6 Å². The van der Waals surface area contributed by atoms with E-state index in [0.29, 0.717) is 0 Å². The molecule has 0 radical (unpaired) electrons. The van der Waals surface area contributed by atoms with Gasteiger partial charge in [0, 0.05) is 42.8 Å². The van der Waals surface area contributed by atoms with Crippen molar-refractivity contribution in [2.24, 2.45) is 7.05 Å². The molecule has 0 aliphatic carbocycles. The number of rotatable bonds is 4. The van der Waals surface area contributed by atoms with Crippen molar-refractivity contribution in [3.8, 4) is 0 Å². The number of benzene rings is 1. The summed E-state index contributed by atoms with van der Waals surface area (Å²) in [5, 5.41) is 11.8. The normalized spacial score (nSPS) is 11.3. The molecule has 0 spiro atoms. The van der Waals surface area contributed by atoms with Crippen LogP contribution < -0.4 is 0 Å². The Morgan fingerprint density at radius 1 is 1.39 bits per heavy atom. The summed E-state index contributed by atoms with van der Waals surface area (Å²) in [6, 6.07) is 5.03. The standard InChI is InChI=1S/C13H17N3O2/c1-14(2)7-6-10-9-15(3)13-5-4-11(16(17)18)8-12(10)13/h4-5,8-9H,6-7H2,1-3H3. The number of likely N-dealkylation sites (N-methyl/N-ethyl adjacent to an activating group) is 1. The molecular formula is C13H17N3O2. The van der Waals surface area contributed by atoms with E-state index in [4.69, 9.17) is 0 Å². The number of hydrogen-bond donors (Lipinski definition) is 0. The number of fused-ring (bicyclic) bond motifs is 1. The second-order valence-electron chi connectivity index (χ2n) is 4.78. The van der Waals surface area contributed by atoms with Gasteiger partial charge in [-0.15, -0.1) is 0 Å². The Kier molecular flexibility index (Phi) is 3.34. The minimum absolute atomic E-state index is 0.153. The molecule has 0 aliphatic heterocycles. The summed E-state index contributed by atoms with van der Waals surface area (Å²) in [7, 11) is 6.01. The van der Waals surface area contributed by atoms with E-state index in [9.17, 15) is 10.1 Å². The molecule has 5 nitrogen and oxygen atoms in total. The third-order valence-corrected chi connectivity index (χ3v) is 3.09. The lowest BCUT2D eigenvalue weighted by Crippen LogP contribution is -2.14. The molecule has 96 valence electrons. The van der Waals surface area contributed by atoms with Crippen molar-refractivity contribution >= 4 is 16.6 Å². The predicted octanol–water partition coefficient (Wildman–Crippen LogP) is 2.19. The van der Waals surface area contributed by atoms with Crippen LogP contribution in [0.4, 0.5) is 5.69 Å². The maximum absolute atomic E-state index is 10.8. The molecule has 5 heteroatoms. The zero-order valence-electron chi connectivity index (χ0n) is 10.9. The number of nitro benzene ring substituents is 1. The van der Waals surface area contributed by atoms with Crippen LogP contribution in [0.15, 0.2) is 24.4 Å². The van der Waals surface area contributed by atoms with Crippen LogP contribution >= 0.6 is 0 Å². The molecule has 0 saturated carbocycles. The van der Waals surface area contributed by atoms with Crippen LogP contribution in [0.25, 0.3) is 10.9 Å². The van der Waals surface area contributed by atoms with Crippen molar-refractivity contribution in [2.75, 3.05) is 20.6 Å². The molecule has 2 aromatic rings. The third-order valence-electron chi connectivity index (χ3n) is 3.09. The molecule has 2 rings (SSSR count). The third kappa shape index (κ3) is 2.36. The van der Waals surface area contributed by atoms with Gasteiger partial charge in [-0.3, -0.25) is 10.1 Å². The first-order valence-electron chi connectivity index (χ1n) is 5.86. The highest BCUT2D eigenvalue weighted by atomic mass is 16.6. The monoisotopic (exact) mass is 247 g/mol. The van der Waals surface area contributed by atoms with Crippen molar-refractivity contribution in [1.82, 2.24) is 9.47 Å². The van der Waals surface area contributed by atoms with E-state index in [1.807, 2.05) is 31.8 Å². The van der Waals surface area contributed by atoms with Crippen LogP contribution in [0.1, 0.15) is 5.56 Å². The highest BCUT2D eigenvalue weighted by Gasteiger charge is 2.12. The molecule has 0 unspecified atom stereocenters. The van der Waals surface area contributed by atoms with Crippen LogP contribution in [0, 0.1) is 10.1 Å². The number of non-ortho nitro benzene ring substituents is 1. The van der Waals surface area contributed by atoms with Crippen LogP contribution in [0.3, 0.4) is 0 Å². The first-order chi connectivity index (χ1) is 8.49. The van der Waals surface area contributed by atoms with E-state index in [0.717, 1.165) is 29.4 Å². The molecule has 0 N–H and O–H groups in total. The topological polar surface area (TPSA) is 51.3 Å². The first kappa shape index (κ1) is 12.6. The summed E-state index contributed by atoms with van der Waals surface area (Å²) in [5.74, 6) is 0. The maximum atomic E-state index is 10.8. The highest BCUT2D eigenvalue weighted by molar-refractivity contribution is 5.86. The lowest BCUT2D eigenvalue weighted by atomic mass is 10.1. The van der Waals surface area contributed by atoms with Crippen molar-refractivity contribution in [3.05, 3.63) is 40.1 Å². The fraction of sp³-hybridized carbons (Fsp3) is 0.385. The number of aromatic nitrogens is 1. The Morgan fingerprint density at radius 2 is 2.11 bits per heavy atom. The fourth-order valence-corrected chi connectivity index (χ4v) is 2.12. The predicted molar refractivity (Wildman–Crippen MR) is 71.8 cm³/mol.